The molecule has 0 atom stereocenters. The van der Waals surface area contributed by atoms with E-state index in [0.29, 0.717) is 31.3 Å². The van der Waals surface area contributed by atoms with Crippen molar-refractivity contribution in [3.63, 3.8) is 0 Å². The molecule has 0 saturated carbocycles. The van der Waals surface area contributed by atoms with Crippen molar-refractivity contribution >= 4 is 21.8 Å². The quantitative estimate of drug-likeness (QED) is 0.626. The molecule has 0 radical (unpaired) electrons. The number of carbonyl (C=O) groups excluding carboxylic acids is 1. The van der Waals surface area contributed by atoms with E-state index in [1.165, 1.54) is 0 Å². The Bertz CT molecular complexity index is 406. The summed E-state index contributed by atoms with van der Waals surface area (Å²) in [6.07, 6.45) is 0. The fourth-order valence-corrected chi connectivity index (χ4v) is 2.34. The summed E-state index contributed by atoms with van der Waals surface area (Å²) in [7, 11) is 1.66. The van der Waals surface area contributed by atoms with Crippen LogP contribution in [0.15, 0.2) is 4.47 Å². The number of ether oxygens (including phenoxy) is 1. The number of rotatable bonds is 8. The number of amides is 1. The Hall–Kier alpha value is -0.920. The maximum absolute atomic E-state index is 11.9. The molecule has 108 valence electrons. The van der Waals surface area contributed by atoms with Gasteiger partial charge in [0.05, 0.1) is 16.8 Å². The van der Waals surface area contributed by atoms with Gasteiger partial charge in [0.15, 0.2) is 5.69 Å². The van der Waals surface area contributed by atoms with Crippen LogP contribution < -0.4 is 10.6 Å². The lowest BCUT2D eigenvalue weighted by molar-refractivity contribution is 0.0948. The first-order chi connectivity index (χ1) is 9.07. The highest BCUT2D eigenvalue weighted by Crippen LogP contribution is 2.25. The zero-order chi connectivity index (χ0) is 14.3. The van der Waals surface area contributed by atoms with E-state index in [-0.39, 0.29) is 5.91 Å². The molecule has 19 heavy (non-hydrogen) atoms. The Morgan fingerprint density at radius 1 is 1.42 bits per heavy atom. The second-order valence-electron chi connectivity index (χ2n) is 4.45. The van der Waals surface area contributed by atoms with E-state index in [1.807, 2.05) is 13.8 Å². The molecule has 0 aromatic carbocycles. The standard InChI is InChI=1S/C12H21BrN4O2/c1-8(2)10-9(13)11(17-16-10)12(18)15-5-4-14-6-7-19-3/h8,14H,4-7H2,1-3H3,(H,15,18)(H,16,17). The van der Waals surface area contributed by atoms with Crippen LogP contribution in [-0.2, 0) is 4.74 Å². The van der Waals surface area contributed by atoms with Crippen LogP contribution in [0.1, 0.15) is 35.9 Å². The molecule has 0 aliphatic rings. The summed E-state index contributed by atoms with van der Waals surface area (Å²) >= 11 is 3.41. The Morgan fingerprint density at radius 2 is 2.16 bits per heavy atom. The SMILES string of the molecule is COCCNCCNC(=O)c1n[nH]c(C(C)C)c1Br. The number of hydrogen-bond donors (Lipinski definition) is 3. The summed E-state index contributed by atoms with van der Waals surface area (Å²) in [6.45, 7) is 6.78. The lowest BCUT2D eigenvalue weighted by atomic mass is 10.1. The fourth-order valence-electron chi connectivity index (χ4n) is 1.52. The van der Waals surface area contributed by atoms with Crippen molar-refractivity contribution < 1.29 is 9.53 Å². The number of hydrogen-bond acceptors (Lipinski definition) is 4. The molecule has 1 aromatic rings. The molecule has 7 heteroatoms. The van der Waals surface area contributed by atoms with Crippen LogP contribution in [0.25, 0.3) is 0 Å². The van der Waals surface area contributed by atoms with Crippen LogP contribution in [0, 0.1) is 0 Å². The minimum atomic E-state index is -0.177. The molecule has 6 nitrogen and oxygen atoms in total. The molecule has 3 N–H and O–H groups in total. The fraction of sp³-hybridized carbons (Fsp3) is 0.667. The lowest BCUT2D eigenvalue weighted by Crippen LogP contribution is -2.33. The van der Waals surface area contributed by atoms with Crippen molar-refractivity contribution in [3.8, 4) is 0 Å². The molecule has 0 spiro atoms. The number of aromatic amines is 1. The molecule has 0 aliphatic heterocycles. The van der Waals surface area contributed by atoms with Crippen molar-refractivity contribution in [1.29, 1.82) is 0 Å². The number of halogens is 1. The normalized spacial score (nSPS) is 11.0. The molecule has 0 bridgehead atoms. The Morgan fingerprint density at radius 3 is 2.74 bits per heavy atom. The van der Waals surface area contributed by atoms with Gasteiger partial charge in [-0.05, 0) is 21.8 Å². The average molecular weight is 333 g/mol. The van der Waals surface area contributed by atoms with Gasteiger partial charge in [0.1, 0.15) is 0 Å². The van der Waals surface area contributed by atoms with E-state index in [0.717, 1.165) is 16.7 Å². The first-order valence-corrected chi connectivity index (χ1v) is 7.08. The van der Waals surface area contributed by atoms with Gasteiger partial charge >= 0.3 is 0 Å². The summed E-state index contributed by atoms with van der Waals surface area (Å²) in [5.41, 5.74) is 1.34. The van der Waals surface area contributed by atoms with Crippen LogP contribution in [0.4, 0.5) is 0 Å². The third-order valence-corrected chi connectivity index (χ3v) is 3.40. The summed E-state index contributed by atoms with van der Waals surface area (Å²) in [5, 5.41) is 12.9. The Balaban J connectivity index is 2.37. The molecular formula is C12H21BrN4O2. The first-order valence-electron chi connectivity index (χ1n) is 6.29. The van der Waals surface area contributed by atoms with Gasteiger partial charge < -0.3 is 15.4 Å². The number of methoxy groups -OCH3 is 1. The van der Waals surface area contributed by atoms with Gasteiger partial charge in [0, 0.05) is 26.7 Å². The third kappa shape index (κ3) is 4.93. The molecule has 1 rings (SSSR count). The van der Waals surface area contributed by atoms with Gasteiger partial charge in [-0.2, -0.15) is 5.10 Å². The zero-order valence-electron chi connectivity index (χ0n) is 11.5. The number of H-pyrrole nitrogens is 1. The van der Waals surface area contributed by atoms with E-state index in [4.69, 9.17) is 4.74 Å². The van der Waals surface area contributed by atoms with Crippen LogP contribution in [0.3, 0.4) is 0 Å². The molecule has 1 heterocycles. The third-order valence-electron chi connectivity index (χ3n) is 2.60. The van der Waals surface area contributed by atoms with E-state index in [2.05, 4.69) is 36.8 Å². The van der Waals surface area contributed by atoms with E-state index in [9.17, 15) is 4.79 Å². The molecule has 0 fully saturated rings. The van der Waals surface area contributed by atoms with Gasteiger partial charge in [0.2, 0.25) is 0 Å². The van der Waals surface area contributed by atoms with E-state index in [1.54, 1.807) is 7.11 Å². The summed E-state index contributed by atoms with van der Waals surface area (Å²) in [6, 6.07) is 0. The van der Waals surface area contributed by atoms with Crippen molar-refractivity contribution in [2.75, 3.05) is 33.4 Å². The molecule has 1 aromatic heterocycles. The topological polar surface area (TPSA) is 79.0 Å². The highest BCUT2D eigenvalue weighted by Gasteiger charge is 2.18. The highest BCUT2D eigenvalue weighted by molar-refractivity contribution is 9.10. The maximum Gasteiger partial charge on any atom is 0.273 e. The largest absolute Gasteiger partial charge is 0.383 e. The van der Waals surface area contributed by atoms with Crippen molar-refractivity contribution in [2.45, 2.75) is 19.8 Å². The Labute approximate surface area is 121 Å². The Kier molecular flexibility index (Phi) is 7.04. The van der Waals surface area contributed by atoms with Crippen LogP contribution in [0.2, 0.25) is 0 Å². The summed E-state index contributed by atoms with van der Waals surface area (Å²) < 4.78 is 5.65. The van der Waals surface area contributed by atoms with E-state index >= 15 is 0 Å². The van der Waals surface area contributed by atoms with Gasteiger partial charge in [-0.3, -0.25) is 9.89 Å². The second kappa shape index (κ2) is 8.29. The van der Waals surface area contributed by atoms with Gasteiger partial charge in [-0.15, -0.1) is 0 Å². The minimum Gasteiger partial charge on any atom is -0.383 e. The predicted molar refractivity (Wildman–Crippen MR) is 77.5 cm³/mol. The first kappa shape index (κ1) is 16.1. The number of carbonyl (C=O) groups is 1. The number of nitrogens with zero attached hydrogens (tertiary/aromatic N) is 1. The van der Waals surface area contributed by atoms with Crippen LogP contribution >= 0.6 is 15.9 Å². The van der Waals surface area contributed by atoms with Crippen LogP contribution in [-0.4, -0.2) is 49.5 Å². The van der Waals surface area contributed by atoms with Gasteiger partial charge in [-0.25, -0.2) is 0 Å². The van der Waals surface area contributed by atoms with Gasteiger partial charge in [-0.1, -0.05) is 13.8 Å². The zero-order valence-corrected chi connectivity index (χ0v) is 13.1. The predicted octanol–water partition coefficient (Wildman–Crippen LogP) is 1.26. The van der Waals surface area contributed by atoms with Crippen molar-refractivity contribution in [3.05, 3.63) is 15.9 Å². The number of nitrogens with one attached hydrogen (secondary N) is 3. The van der Waals surface area contributed by atoms with Crippen molar-refractivity contribution in [1.82, 2.24) is 20.8 Å². The monoisotopic (exact) mass is 332 g/mol. The number of aromatic nitrogens is 2. The lowest BCUT2D eigenvalue weighted by Gasteiger charge is -2.05. The molecule has 0 saturated heterocycles. The molecule has 0 aliphatic carbocycles. The highest BCUT2D eigenvalue weighted by atomic mass is 79.9. The smallest absolute Gasteiger partial charge is 0.273 e. The van der Waals surface area contributed by atoms with Crippen molar-refractivity contribution in [2.24, 2.45) is 0 Å². The summed E-state index contributed by atoms with van der Waals surface area (Å²) in [4.78, 5) is 11.9. The molecular weight excluding hydrogens is 312 g/mol. The second-order valence-corrected chi connectivity index (χ2v) is 5.25. The van der Waals surface area contributed by atoms with Gasteiger partial charge in [0.25, 0.3) is 5.91 Å². The van der Waals surface area contributed by atoms with Crippen LogP contribution in [0.5, 0.6) is 0 Å². The maximum atomic E-state index is 11.9. The average Bonchev–Trinajstić information content (AvgIpc) is 2.75. The molecule has 1 amide bonds. The molecule has 0 unspecified atom stereocenters. The van der Waals surface area contributed by atoms with E-state index < -0.39 is 0 Å². The minimum absolute atomic E-state index is 0.177. The summed E-state index contributed by atoms with van der Waals surface area (Å²) in [5.74, 6) is 0.114.